The lowest BCUT2D eigenvalue weighted by Crippen LogP contribution is -2.44. The first kappa shape index (κ1) is 12.1. The largest absolute Gasteiger partial charge is 0.438 e. The zero-order valence-corrected chi connectivity index (χ0v) is 10.5. The summed E-state index contributed by atoms with van der Waals surface area (Å²) in [4.78, 5) is 0. The Hall–Kier alpha value is -1.32. The molecule has 92 valence electrons. The molecule has 17 heavy (non-hydrogen) atoms. The quantitative estimate of drug-likeness (QED) is 0.752. The topological polar surface area (TPSA) is 27.7 Å². The van der Waals surface area contributed by atoms with Gasteiger partial charge in [-0.05, 0) is 12.5 Å². The van der Waals surface area contributed by atoms with Crippen LogP contribution in [0, 0.1) is 5.92 Å². The Kier molecular flexibility index (Phi) is 3.50. The van der Waals surface area contributed by atoms with Crippen molar-refractivity contribution >= 4 is 5.76 Å². The van der Waals surface area contributed by atoms with Crippen molar-refractivity contribution in [2.45, 2.75) is 19.3 Å². The van der Waals surface area contributed by atoms with Crippen LogP contribution in [0.15, 0.2) is 36.4 Å². The van der Waals surface area contributed by atoms with E-state index in [2.05, 4.69) is 6.08 Å². The molecule has 0 amide bonds. The van der Waals surface area contributed by atoms with E-state index < -0.39 is 5.97 Å². The normalized spacial score (nSPS) is 22.8. The van der Waals surface area contributed by atoms with Crippen LogP contribution in [0.5, 0.6) is 0 Å². The summed E-state index contributed by atoms with van der Waals surface area (Å²) in [6, 6.07) is 9.98. The smallest absolute Gasteiger partial charge is 0.329 e. The number of ether oxygens (including phenoxy) is 3. The Balaban J connectivity index is 2.28. The van der Waals surface area contributed by atoms with Crippen LogP contribution < -0.4 is 0 Å². The Bertz CT molecular complexity index is 393. The lowest BCUT2D eigenvalue weighted by molar-refractivity contribution is -0.363. The lowest BCUT2D eigenvalue weighted by atomic mass is 10.00. The summed E-state index contributed by atoms with van der Waals surface area (Å²) in [7, 11) is 3.21. The van der Waals surface area contributed by atoms with E-state index in [1.807, 2.05) is 37.3 Å². The van der Waals surface area contributed by atoms with Crippen molar-refractivity contribution in [3.63, 3.8) is 0 Å². The van der Waals surface area contributed by atoms with Crippen LogP contribution in [0.1, 0.15) is 18.9 Å². The van der Waals surface area contributed by atoms with Gasteiger partial charge in [-0.1, -0.05) is 37.3 Å². The minimum Gasteiger partial charge on any atom is -0.438 e. The van der Waals surface area contributed by atoms with Crippen molar-refractivity contribution in [2.24, 2.45) is 5.92 Å². The Morgan fingerprint density at radius 3 is 2.41 bits per heavy atom. The van der Waals surface area contributed by atoms with Crippen molar-refractivity contribution in [3.8, 4) is 0 Å². The molecule has 0 aromatic heterocycles. The number of hydrogen-bond donors (Lipinski definition) is 0. The van der Waals surface area contributed by atoms with Gasteiger partial charge in [-0.25, -0.2) is 0 Å². The molecule has 0 bridgehead atoms. The molecule has 3 heteroatoms. The first-order chi connectivity index (χ1) is 8.22. The summed E-state index contributed by atoms with van der Waals surface area (Å²) in [6.45, 7) is 2.05. The van der Waals surface area contributed by atoms with Gasteiger partial charge in [0.25, 0.3) is 0 Å². The number of hydrogen-bond acceptors (Lipinski definition) is 3. The van der Waals surface area contributed by atoms with Crippen molar-refractivity contribution < 1.29 is 14.2 Å². The molecular formula is C14H18O3. The summed E-state index contributed by atoms with van der Waals surface area (Å²) in [5.41, 5.74) is 1.04. The summed E-state index contributed by atoms with van der Waals surface area (Å²) in [5, 5.41) is 0. The fraction of sp³-hybridized carbons (Fsp3) is 0.429. The Morgan fingerprint density at radius 1 is 1.18 bits per heavy atom. The average Bonchev–Trinajstić information content (AvgIpc) is 2.41. The van der Waals surface area contributed by atoms with Crippen LogP contribution in [0.2, 0.25) is 0 Å². The average molecular weight is 234 g/mol. The van der Waals surface area contributed by atoms with Crippen molar-refractivity contribution in [1.82, 2.24) is 0 Å². The first-order valence-corrected chi connectivity index (χ1v) is 5.76. The molecule has 1 atom stereocenters. The summed E-state index contributed by atoms with van der Waals surface area (Å²) in [5.74, 6) is -0.00252. The molecule has 3 nitrogen and oxygen atoms in total. The highest BCUT2D eigenvalue weighted by molar-refractivity contribution is 5.60. The highest BCUT2D eigenvalue weighted by Crippen LogP contribution is 2.37. The molecule has 0 fully saturated rings. The second-order valence-electron chi connectivity index (χ2n) is 4.19. The predicted octanol–water partition coefficient (Wildman–Crippen LogP) is 3.03. The van der Waals surface area contributed by atoms with Crippen LogP contribution in [-0.4, -0.2) is 20.2 Å². The van der Waals surface area contributed by atoms with Crippen LogP contribution >= 0.6 is 0 Å². The standard InChI is InChI=1S/C14H18O3/c1-11-9-10-13(12-7-5-4-6-8-12)17-14(11,15-2)16-3/h4-8,10-11H,9H2,1-3H3. The van der Waals surface area contributed by atoms with Crippen LogP contribution in [-0.2, 0) is 14.2 Å². The Morgan fingerprint density at radius 2 is 1.82 bits per heavy atom. The fourth-order valence-electron chi connectivity index (χ4n) is 2.07. The van der Waals surface area contributed by atoms with Crippen molar-refractivity contribution in [1.29, 1.82) is 0 Å². The van der Waals surface area contributed by atoms with Crippen LogP contribution in [0.4, 0.5) is 0 Å². The predicted molar refractivity (Wildman–Crippen MR) is 66.0 cm³/mol. The number of methoxy groups -OCH3 is 2. The van der Waals surface area contributed by atoms with E-state index in [0.717, 1.165) is 17.7 Å². The zero-order chi connectivity index (χ0) is 12.3. The van der Waals surface area contributed by atoms with Gasteiger partial charge in [0, 0.05) is 19.8 Å². The van der Waals surface area contributed by atoms with Gasteiger partial charge in [-0.3, -0.25) is 0 Å². The van der Waals surface area contributed by atoms with Gasteiger partial charge >= 0.3 is 5.97 Å². The molecule has 0 spiro atoms. The maximum atomic E-state index is 5.89. The second kappa shape index (κ2) is 4.90. The molecule has 0 saturated carbocycles. The molecule has 1 heterocycles. The maximum Gasteiger partial charge on any atom is 0.329 e. The maximum absolute atomic E-state index is 5.89. The van der Waals surface area contributed by atoms with Gasteiger partial charge in [0.05, 0.1) is 5.92 Å². The van der Waals surface area contributed by atoms with Crippen LogP contribution in [0.3, 0.4) is 0 Å². The van der Waals surface area contributed by atoms with Crippen molar-refractivity contribution in [3.05, 3.63) is 42.0 Å². The molecule has 1 aliphatic rings. The number of benzene rings is 1. The first-order valence-electron chi connectivity index (χ1n) is 5.76. The van der Waals surface area contributed by atoms with Gasteiger partial charge in [0.1, 0.15) is 5.76 Å². The molecular weight excluding hydrogens is 216 g/mol. The van der Waals surface area contributed by atoms with E-state index in [1.54, 1.807) is 14.2 Å². The summed E-state index contributed by atoms with van der Waals surface area (Å²) in [6.07, 6.45) is 2.95. The van der Waals surface area contributed by atoms with Crippen LogP contribution in [0.25, 0.3) is 5.76 Å². The molecule has 1 unspecified atom stereocenters. The molecule has 1 aromatic carbocycles. The number of rotatable bonds is 3. The Labute approximate surface area is 102 Å². The second-order valence-corrected chi connectivity index (χ2v) is 4.19. The SMILES string of the molecule is COC1(OC)OC(c2ccccc2)=CCC1C. The third-order valence-corrected chi connectivity index (χ3v) is 3.14. The summed E-state index contributed by atoms with van der Waals surface area (Å²) < 4.78 is 16.7. The van der Waals surface area contributed by atoms with Gasteiger partial charge in [0.2, 0.25) is 0 Å². The van der Waals surface area contributed by atoms with E-state index in [4.69, 9.17) is 14.2 Å². The molecule has 0 radical (unpaired) electrons. The highest BCUT2D eigenvalue weighted by Gasteiger charge is 2.42. The van der Waals surface area contributed by atoms with Gasteiger partial charge in [-0.2, -0.15) is 0 Å². The lowest BCUT2D eigenvalue weighted by Gasteiger charge is -2.39. The highest BCUT2D eigenvalue weighted by atomic mass is 16.9. The van der Waals surface area contributed by atoms with E-state index >= 15 is 0 Å². The molecule has 0 saturated heterocycles. The molecule has 0 N–H and O–H groups in total. The monoisotopic (exact) mass is 234 g/mol. The summed E-state index contributed by atoms with van der Waals surface area (Å²) >= 11 is 0. The van der Waals surface area contributed by atoms with E-state index in [9.17, 15) is 0 Å². The van der Waals surface area contributed by atoms with E-state index in [1.165, 1.54) is 0 Å². The third kappa shape index (κ3) is 2.21. The molecule has 2 rings (SSSR count). The van der Waals surface area contributed by atoms with Gasteiger partial charge in [-0.15, -0.1) is 0 Å². The third-order valence-electron chi connectivity index (χ3n) is 3.14. The van der Waals surface area contributed by atoms with Gasteiger partial charge < -0.3 is 14.2 Å². The minimum absolute atomic E-state index is 0.157. The molecule has 1 aliphatic heterocycles. The molecule has 0 aliphatic carbocycles. The fourth-order valence-corrected chi connectivity index (χ4v) is 2.07. The molecule has 1 aromatic rings. The van der Waals surface area contributed by atoms with Crippen molar-refractivity contribution in [2.75, 3.05) is 14.2 Å². The van der Waals surface area contributed by atoms with E-state index in [-0.39, 0.29) is 5.92 Å². The minimum atomic E-state index is -0.972. The van der Waals surface area contributed by atoms with Gasteiger partial charge in [0.15, 0.2) is 0 Å². The zero-order valence-electron chi connectivity index (χ0n) is 10.5. The number of allylic oxidation sites excluding steroid dienone is 1. The van der Waals surface area contributed by atoms with E-state index in [0.29, 0.717) is 0 Å².